The molecule has 0 saturated heterocycles. The number of benzene rings is 2. The van der Waals surface area contributed by atoms with Crippen LogP contribution in [0.25, 0.3) is 16.7 Å². The van der Waals surface area contributed by atoms with Gasteiger partial charge in [-0.25, -0.2) is 8.78 Å². The minimum atomic E-state index is -0.880. The summed E-state index contributed by atoms with van der Waals surface area (Å²) in [7, 11) is 0. The molecule has 2 aliphatic rings. The topological polar surface area (TPSA) is 86.1 Å². The number of nitrogens with one attached hydrogen (secondary N) is 1. The van der Waals surface area contributed by atoms with Crippen LogP contribution in [-0.2, 0) is 9.59 Å². The van der Waals surface area contributed by atoms with Gasteiger partial charge in [-0.3, -0.25) is 14.6 Å². The lowest BCUT2D eigenvalue weighted by Gasteiger charge is -2.34. The Morgan fingerprint density at radius 2 is 1.95 bits per heavy atom. The number of hydrogen-bond donors (Lipinski definition) is 1. The highest BCUT2D eigenvalue weighted by atomic mass is 35.5. The van der Waals surface area contributed by atoms with Gasteiger partial charge in [-0.2, -0.15) is 5.26 Å². The molecule has 0 radical (unpaired) electrons. The largest absolute Gasteiger partial charge is 0.330 e. The number of amides is 2. The Bertz CT molecular complexity index is 1550. The van der Waals surface area contributed by atoms with Gasteiger partial charge in [-0.15, -0.1) is 0 Å². The van der Waals surface area contributed by atoms with E-state index in [9.17, 15) is 23.6 Å². The summed E-state index contributed by atoms with van der Waals surface area (Å²) in [6.45, 7) is 2.08. The molecule has 2 amide bonds. The van der Waals surface area contributed by atoms with Gasteiger partial charge in [-0.05, 0) is 66.8 Å². The molecule has 0 spiro atoms. The molecule has 0 aliphatic carbocycles. The van der Waals surface area contributed by atoms with Crippen LogP contribution >= 0.6 is 11.6 Å². The number of fused-ring (bicyclic) bond motifs is 4. The fourth-order valence-corrected chi connectivity index (χ4v) is 5.38. The second-order valence-corrected chi connectivity index (χ2v) is 10.3. The Balaban J connectivity index is 1.54. The molecule has 5 rings (SSSR count). The maximum Gasteiger partial charge on any atom is 0.247 e. The molecular weight excluding hydrogens is 522 g/mol. The second-order valence-electron chi connectivity index (χ2n) is 9.85. The van der Waals surface area contributed by atoms with E-state index in [2.05, 4.69) is 16.4 Å². The summed E-state index contributed by atoms with van der Waals surface area (Å²) < 4.78 is 29.2. The lowest BCUT2D eigenvalue weighted by atomic mass is 9.92. The molecule has 2 aromatic carbocycles. The van der Waals surface area contributed by atoms with Gasteiger partial charge in [0, 0.05) is 36.0 Å². The third-order valence-corrected chi connectivity index (χ3v) is 7.64. The normalized spacial score (nSPS) is 19.7. The van der Waals surface area contributed by atoms with Crippen molar-refractivity contribution in [2.24, 2.45) is 5.92 Å². The van der Waals surface area contributed by atoms with E-state index in [1.165, 1.54) is 6.08 Å². The van der Waals surface area contributed by atoms with Crippen LogP contribution in [0.2, 0.25) is 5.02 Å². The van der Waals surface area contributed by atoms with E-state index in [0.29, 0.717) is 36.2 Å². The van der Waals surface area contributed by atoms with Gasteiger partial charge >= 0.3 is 0 Å². The van der Waals surface area contributed by atoms with Crippen LogP contribution in [0, 0.1) is 28.9 Å². The lowest BCUT2D eigenvalue weighted by molar-refractivity contribution is -0.129. The number of halogens is 3. The standard InChI is InChI=1S/C30H25ClF2N4O2/c1-17-3-2-4-26(37-12-10-20(15-27(37)38)28-23(32)8-7-22(31)29(28)33)25-14-19(9-11-35-25)21-6-5-18(16-34)13-24(21)36-30(17)39/h5-9,11,13-15,17,26H,2-4,10,12H2,1H3,(H,36,39). The van der Waals surface area contributed by atoms with Crippen LogP contribution in [0.3, 0.4) is 0 Å². The Hall–Kier alpha value is -4.09. The van der Waals surface area contributed by atoms with Crippen molar-refractivity contribution in [2.75, 3.05) is 11.9 Å². The number of nitriles is 1. The Morgan fingerprint density at radius 1 is 1.13 bits per heavy atom. The number of hydrogen-bond acceptors (Lipinski definition) is 4. The van der Waals surface area contributed by atoms with E-state index in [4.69, 9.17) is 11.6 Å². The van der Waals surface area contributed by atoms with E-state index in [-0.39, 0.29) is 46.9 Å². The molecule has 0 saturated carbocycles. The average Bonchev–Trinajstić information content (AvgIpc) is 2.93. The summed E-state index contributed by atoms with van der Waals surface area (Å²) in [5.74, 6) is -2.47. The van der Waals surface area contributed by atoms with Crippen LogP contribution in [0.1, 0.15) is 55.5 Å². The monoisotopic (exact) mass is 546 g/mol. The van der Waals surface area contributed by atoms with Crippen LogP contribution in [0.5, 0.6) is 0 Å². The van der Waals surface area contributed by atoms with Crippen molar-refractivity contribution in [3.8, 4) is 17.2 Å². The summed E-state index contributed by atoms with van der Waals surface area (Å²) in [5, 5.41) is 12.1. The number of carbonyl (C=O) groups excluding carboxylic acids is 2. The third kappa shape index (κ3) is 5.27. The zero-order valence-corrected chi connectivity index (χ0v) is 21.9. The van der Waals surface area contributed by atoms with Crippen molar-refractivity contribution >= 4 is 34.7 Å². The summed E-state index contributed by atoms with van der Waals surface area (Å²) in [6, 6.07) is 12.8. The molecule has 2 aliphatic heterocycles. The molecule has 2 bridgehead atoms. The van der Waals surface area contributed by atoms with Crippen LogP contribution in [-0.4, -0.2) is 28.2 Å². The summed E-state index contributed by atoms with van der Waals surface area (Å²) >= 11 is 5.87. The smallest absolute Gasteiger partial charge is 0.247 e. The first-order valence-corrected chi connectivity index (χ1v) is 13.1. The molecule has 3 heterocycles. The predicted molar refractivity (Wildman–Crippen MR) is 144 cm³/mol. The molecular formula is C30H25ClF2N4O2. The van der Waals surface area contributed by atoms with Crippen LogP contribution in [0.4, 0.5) is 14.5 Å². The SMILES string of the molecule is CC1CCCC(N2CCC(c3c(F)ccc(Cl)c3F)=CC2=O)c2cc(ccn2)-c2ccc(C#N)cc2NC1=O. The molecule has 2 atom stereocenters. The first-order valence-electron chi connectivity index (χ1n) is 12.7. The highest BCUT2D eigenvalue weighted by molar-refractivity contribution is 6.31. The average molecular weight is 547 g/mol. The molecule has 9 heteroatoms. The van der Waals surface area contributed by atoms with E-state index in [1.54, 1.807) is 29.3 Å². The maximum absolute atomic E-state index is 14.7. The zero-order valence-electron chi connectivity index (χ0n) is 21.2. The van der Waals surface area contributed by atoms with E-state index < -0.39 is 17.7 Å². The molecule has 3 aromatic rings. The van der Waals surface area contributed by atoms with Gasteiger partial charge in [0.05, 0.1) is 34.0 Å². The van der Waals surface area contributed by atoms with Crippen molar-refractivity contribution in [3.05, 3.63) is 88.2 Å². The number of aromatic nitrogens is 1. The fourth-order valence-electron chi connectivity index (χ4n) is 5.22. The van der Waals surface area contributed by atoms with Crippen molar-refractivity contribution in [3.63, 3.8) is 0 Å². The third-order valence-electron chi connectivity index (χ3n) is 7.35. The lowest BCUT2D eigenvalue weighted by Crippen LogP contribution is -2.38. The Labute approximate surface area is 229 Å². The van der Waals surface area contributed by atoms with Crippen molar-refractivity contribution < 1.29 is 18.4 Å². The van der Waals surface area contributed by atoms with Crippen LogP contribution in [0.15, 0.2) is 54.7 Å². The number of anilines is 1. The minimum absolute atomic E-state index is 0.148. The van der Waals surface area contributed by atoms with Crippen molar-refractivity contribution in [1.82, 2.24) is 9.88 Å². The zero-order chi connectivity index (χ0) is 27.7. The van der Waals surface area contributed by atoms with E-state index >= 15 is 0 Å². The highest BCUT2D eigenvalue weighted by Gasteiger charge is 2.31. The van der Waals surface area contributed by atoms with Gasteiger partial charge in [0.15, 0.2) is 5.82 Å². The number of carbonyl (C=O) groups is 2. The maximum atomic E-state index is 14.7. The first-order chi connectivity index (χ1) is 18.8. The molecule has 0 fully saturated rings. The van der Waals surface area contributed by atoms with E-state index in [1.807, 2.05) is 19.1 Å². The summed E-state index contributed by atoms with van der Waals surface area (Å²) in [5.41, 5.74) is 3.13. The summed E-state index contributed by atoms with van der Waals surface area (Å²) in [4.78, 5) is 32.6. The van der Waals surface area contributed by atoms with Gasteiger partial charge in [-0.1, -0.05) is 31.0 Å². The van der Waals surface area contributed by atoms with Gasteiger partial charge in [0.2, 0.25) is 11.8 Å². The predicted octanol–water partition coefficient (Wildman–Crippen LogP) is 6.67. The second kappa shape index (κ2) is 11.0. The van der Waals surface area contributed by atoms with Gasteiger partial charge < -0.3 is 10.2 Å². The van der Waals surface area contributed by atoms with Gasteiger partial charge in [0.1, 0.15) is 5.82 Å². The minimum Gasteiger partial charge on any atom is -0.330 e. The number of nitrogens with zero attached hydrogens (tertiary/aromatic N) is 3. The number of pyridine rings is 1. The molecule has 6 nitrogen and oxygen atoms in total. The molecule has 39 heavy (non-hydrogen) atoms. The number of rotatable bonds is 2. The molecule has 198 valence electrons. The Kier molecular flexibility index (Phi) is 7.45. The van der Waals surface area contributed by atoms with E-state index in [0.717, 1.165) is 23.3 Å². The fraction of sp³-hybridized carbons (Fsp3) is 0.267. The summed E-state index contributed by atoms with van der Waals surface area (Å²) in [6.07, 6.45) is 4.96. The van der Waals surface area contributed by atoms with Crippen LogP contribution < -0.4 is 5.32 Å². The Morgan fingerprint density at radius 3 is 2.72 bits per heavy atom. The van der Waals surface area contributed by atoms with Crippen molar-refractivity contribution in [1.29, 1.82) is 5.26 Å². The molecule has 1 aromatic heterocycles. The van der Waals surface area contributed by atoms with Crippen molar-refractivity contribution in [2.45, 2.75) is 38.6 Å². The molecule has 1 N–H and O–H groups in total. The highest BCUT2D eigenvalue weighted by Crippen LogP contribution is 2.37. The van der Waals surface area contributed by atoms with Gasteiger partial charge in [0.25, 0.3) is 0 Å². The first kappa shape index (κ1) is 26.5. The molecule has 2 unspecified atom stereocenters. The quantitative estimate of drug-likeness (QED) is 0.364.